The van der Waals surface area contributed by atoms with E-state index in [-0.39, 0.29) is 0 Å². The minimum Gasteiger partial charge on any atom is -0.314 e. The van der Waals surface area contributed by atoms with Gasteiger partial charge in [-0.3, -0.25) is 0 Å². The number of hydrogen-bond donors (Lipinski definition) is 2. The third-order valence-electron chi connectivity index (χ3n) is 4.89. The van der Waals surface area contributed by atoms with Gasteiger partial charge in [0.2, 0.25) is 0 Å². The summed E-state index contributed by atoms with van der Waals surface area (Å²) in [4.78, 5) is 5.73. The predicted octanol–water partition coefficient (Wildman–Crippen LogP) is 3.24. The lowest BCUT2D eigenvalue weighted by molar-refractivity contribution is 0.181. The summed E-state index contributed by atoms with van der Waals surface area (Å²) in [6, 6.07) is 1.45. The van der Waals surface area contributed by atoms with Gasteiger partial charge in [0.05, 0.1) is 5.01 Å². The maximum absolute atomic E-state index is 4.36. The summed E-state index contributed by atoms with van der Waals surface area (Å²) in [5.74, 6) is 0.832. The van der Waals surface area contributed by atoms with Crippen molar-refractivity contribution in [2.75, 3.05) is 6.54 Å². The van der Waals surface area contributed by atoms with E-state index in [2.05, 4.69) is 22.5 Å². The Labute approximate surface area is 126 Å². The zero-order valence-electron chi connectivity index (χ0n) is 12.5. The maximum atomic E-state index is 4.36. The van der Waals surface area contributed by atoms with Gasteiger partial charge >= 0.3 is 0 Å². The van der Waals surface area contributed by atoms with Crippen molar-refractivity contribution >= 4 is 11.3 Å². The van der Waals surface area contributed by atoms with Crippen molar-refractivity contribution in [1.29, 1.82) is 0 Å². The van der Waals surface area contributed by atoms with E-state index in [0.717, 1.165) is 18.5 Å². The molecule has 2 aliphatic rings. The molecule has 2 fully saturated rings. The van der Waals surface area contributed by atoms with E-state index < -0.39 is 0 Å². The number of piperidine rings is 1. The lowest BCUT2D eigenvalue weighted by atomic mass is 9.77. The number of nitrogens with zero attached hydrogens (tertiary/aromatic N) is 1. The minimum atomic E-state index is 0.696. The second-order valence-electron chi connectivity index (χ2n) is 6.34. The van der Waals surface area contributed by atoms with Crippen LogP contribution in [0.15, 0.2) is 6.20 Å². The molecule has 3 nitrogen and oxygen atoms in total. The SMILES string of the molecule is Cc1ncc(CNC2CCCCC2C2CCCCN2)s1. The first-order valence-electron chi connectivity index (χ1n) is 8.21. The number of nitrogens with one attached hydrogen (secondary N) is 2. The van der Waals surface area contributed by atoms with Crippen molar-refractivity contribution in [1.82, 2.24) is 15.6 Å². The molecular formula is C16H27N3S. The minimum absolute atomic E-state index is 0.696. The fourth-order valence-electron chi connectivity index (χ4n) is 3.86. The molecule has 3 rings (SSSR count). The van der Waals surface area contributed by atoms with E-state index in [1.54, 1.807) is 0 Å². The van der Waals surface area contributed by atoms with Crippen LogP contribution in [0, 0.1) is 12.8 Å². The average molecular weight is 293 g/mol. The average Bonchev–Trinajstić information content (AvgIpc) is 2.92. The van der Waals surface area contributed by atoms with Gasteiger partial charge in [0.25, 0.3) is 0 Å². The van der Waals surface area contributed by atoms with Gasteiger partial charge in [-0.1, -0.05) is 19.3 Å². The van der Waals surface area contributed by atoms with Crippen LogP contribution < -0.4 is 10.6 Å². The van der Waals surface area contributed by atoms with Crippen LogP contribution in [0.25, 0.3) is 0 Å². The van der Waals surface area contributed by atoms with Crippen LogP contribution in [0.5, 0.6) is 0 Å². The Morgan fingerprint density at radius 2 is 2.10 bits per heavy atom. The van der Waals surface area contributed by atoms with E-state index >= 15 is 0 Å². The smallest absolute Gasteiger partial charge is 0.0897 e. The largest absolute Gasteiger partial charge is 0.314 e. The van der Waals surface area contributed by atoms with Crippen LogP contribution in [-0.2, 0) is 6.54 Å². The third-order valence-corrected chi connectivity index (χ3v) is 5.81. The summed E-state index contributed by atoms with van der Waals surface area (Å²) >= 11 is 1.82. The zero-order chi connectivity index (χ0) is 13.8. The van der Waals surface area contributed by atoms with E-state index in [4.69, 9.17) is 0 Å². The molecule has 2 heterocycles. The molecule has 1 saturated heterocycles. The molecule has 0 bridgehead atoms. The fraction of sp³-hybridized carbons (Fsp3) is 0.812. The lowest BCUT2D eigenvalue weighted by Gasteiger charge is -2.40. The standard InChI is InChI=1S/C16H27N3S/c1-12-18-10-13(20-12)11-19-16-7-3-2-6-14(16)15-8-4-5-9-17-15/h10,14-17,19H,2-9,11H2,1H3. The molecule has 1 aliphatic heterocycles. The summed E-state index contributed by atoms with van der Waals surface area (Å²) < 4.78 is 0. The van der Waals surface area contributed by atoms with Crippen molar-refractivity contribution in [2.45, 2.75) is 70.5 Å². The fourth-order valence-corrected chi connectivity index (χ4v) is 4.60. The van der Waals surface area contributed by atoms with Crippen LogP contribution in [0.3, 0.4) is 0 Å². The Bertz CT molecular complexity index is 412. The molecule has 1 saturated carbocycles. The van der Waals surface area contributed by atoms with Gasteiger partial charge in [-0.25, -0.2) is 4.98 Å². The van der Waals surface area contributed by atoms with E-state index in [1.807, 2.05) is 17.5 Å². The van der Waals surface area contributed by atoms with E-state index in [1.165, 1.54) is 61.4 Å². The first-order chi connectivity index (χ1) is 9.83. The Kier molecular flexibility index (Phi) is 5.08. The lowest BCUT2D eigenvalue weighted by Crippen LogP contribution is -2.50. The molecule has 4 heteroatoms. The van der Waals surface area contributed by atoms with Crippen LogP contribution in [-0.4, -0.2) is 23.6 Å². The summed E-state index contributed by atoms with van der Waals surface area (Å²) in [5, 5.41) is 8.78. The quantitative estimate of drug-likeness (QED) is 0.895. The van der Waals surface area contributed by atoms with Gasteiger partial charge < -0.3 is 10.6 Å². The predicted molar refractivity (Wildman–Crippen MR) is 85.1 cm³/mol. The zero-order valence-corrected chi connectivity index (χ0v) is 13.3. The normalized spacial score (nSPS) is 31.4. The van der Waals surface area contributed by atoms with E-state index in [9.17, 15) is 0 Å². The molecule has 0 radical (unpaired) electrons. The van der Waals surface area contributed by atoms with Gasteiger partial charge in [0.1, 0.15) is 0 Å². The molecule has 0 spiro atoms. The van der Waals surface area contributed by atoms with Gasteiger partial charge in [0, 0.05) is 29.7 Å². The van der Waals surface area contributed by atoms with E-state index in [0.29, 0.717) is 6.04 Å². The Hall–Kier alpha value is -0.450. The summed E-state index contributed by atoms with van der Waals surface area (Å²) in [7, 11) is 0. The number of aromatic nitrogens is 1. The van der Waals surface area contributed by atoms with Crippen molar-refractivity contribution in [2.24, 2.45) is 5.92 Å². The van der Waals surface area contributed by atoms with Gasteiger partial charge in [-0.2, -0.15) is 0 Å². The maximum Gasteiger partial charge on any atom is 0.0897 e. The molecule has 1 aliphatic carbocycles. The van der Waals surface area contributed by atoms with Gasteiger partial charge in [-0.15, -0.1) is 11.3 Å². The first-order valence-corrected chi connectivity index (χ1v) is 9.02. The molecule has 3 unspecified atom stereocenters. The van der Waals surface area contributed by atoms with Crippen molar-refractivity contribution in [3.05, 3.63) is 16.1 Å². The second kappa shape index (κ2) is 7.01. The molecule has 0 aromatic carbocycles. The number of rotatable bonds is 4. The molecule has 1 aromatic rings. The highest BCUT2D eigenvalue weighted by molar-refractivity contribution is 7.11. The summed E-state index contributed by atoms with van der Waals surface area (Å²) in [5.41, 5.74) is 0. The number of aryl methyl sites for hydroxylation is 1. The van der Waals surface area contributed by atoms with Crippen LogP contribution in [0.1, 0.15) is 54.8 Å². The van der Waals surface area contributed by atoms with Crippen LogP contribution in [0.2, 0.25) is 0 Å². The second-order valence-corrected chi connectivity index (χ2v) is 7.66. The Morgan fingerprint density at radius 1 is 1.25 bits per heavy atom. The van der Waals surface area contributed by atoms with Crippen LogP contribution in [0.4, 0.5) is 0 Å². The number of hydrogen-bond acceptors (Lipinski definition) is 4. The number of thiazole rings is 1. The molecular weight excluding hydrogens is 266 g/mol. The highest BCUT2D eigenvalue weighted by Crippen LogP contribution is 2.30. The highest BCUT2D eigenvalue weighted by Gasteiger charge is 2.32. The molecule has 0 amide bonds. The summed E-state index contributed by atoms with van der Waals surface area (Å²) in [6.45, 7) is 4.31. The molecule has 3 atom stereocenters. The molecule has 112 valence electrons. The molecule has 2 N–H and O–H groups in total. The first kappa shape index (κ1) is 14.5. The van der Waals surface area contributed by atoms with Crippen molar-refractivity contribution < 1.29 is 0 Å². The molecule has 1 aromatic heterocycles. The van der Waals surface area contributed by atoms with Gasteiger partial charge in [0.15, 0.2) is 0 Å². The topological polar surface area (TPSA) is 37.0 Å². The summed E-state index contributed by atoms with van der Waals surface area (Å²) in [6.07, 6.45) is 11.7. The molecule has 20 heavy (non-hydrogen) atoms. The third kappa shape index (κ3) is 3.60. The van der Waals surface area contributed by atoms with Crippen molar-refractivity contribution in [3.8, 4) is 0 Å². The van der Waals surface area contributed by atoms with Gasteiger partial charge in [-0.05, 0) is 45.1 Å². The monoisotopic (exact) mass is 293 g/mol. The van der Waals surface area contributed by atoms with Crippen molar-refractivity contribution in [3.63, 3.8) is 0 Å². The Balaban J connectivity index is 1.57. The van der Waals surface area contributed by atoms with Crippen LogP contribution >= 0.6 is 11.3 Å². The Morgan fingerprint density at radius 3 is 2.85 bits per heavy atom. The highest BCUT2D eigenvalue weighted by atomic mass is 32.1.